The van der Waals surface area contributed by atoms with Gasteiger partial charge in [-0.15, -0.1) is 0 Å². The number of phenols is 2. The zero-order chi connectivity index (χ0) is 16.3. The summed E-state index contributed by atoms with van der Waals surface area (Å²) in [6.45, 7) is 6.08. The number of allylic oxidation sites excluding steroid dienone is 4. The molecule has 4 nitrogen and oxygen atoms in total. The standard InChI is InChI=1S/C18H22O4/c1-11(2)5-4-6-12(3)7-8-13-14(19)9-16-17(18(13)21)15(20)10-22-16/h5,7,9,19,21H,4,6,8,10H2,1-3H3/b12-7+. The molecule has 0 unspecified atom stereocenters. The number of benzene rings is 1. The van der Waals surface area contributed by atoms with Crippen LogP contribution < -0.4 is 4.74 Å². The van der Waals surface area contributed by atoms with E-state index < -0.39 is 0 Å². The van der Waals surface area contributed by atoms with E-state index in [1.54, 1.807) is 0 Å². The molecule has 0 bridgehead atoms. The van der Waals surface area contributed by atoms with Gasteiger partial charge < -0.3 is 14.9 Å². The van der Waals surface area contributed by atoms with Crippen LogP contribution in [0.4, 0.5) is 0 Å². The number of carbonyl (C=O) groups excluding carboxylic acids is 1. The Hall–Kier alpha value is -2.23. The summed E-state index contributed by atoms with van der Waals surface area (Å²) in [6, 6.07) is 1.40. The van der Waals surface area contributed by atoms with Gasteiger partial charge in [0.05, 0.1) is 0 Å². The summed E-state index contributed by atoms with van der Waals surface area (Å²) < 4.78 is 5.14. The van der Waals surface area contributed by atoms with Gasteiger partial charge in [-0.2, -0.15) is 0 Å². The summed E-state index contributed by atoms with van der Waals surface area (Å²) >= 11 is 0. The zero-order valence-corrected chi connectivity index (χ0v) is 13.3. The second-order valence-electron chi connectivity index (χ2n) is 5.88. The van der Waals surface area contributed by atoms with Gasteiger partial charge in [-0.1, -0.05) is 23.3 Å². The fraction of sp³-hybridized carbons (Fsp3) is 0.389. The average molecular weight is 302 g/mol. The Morgan fingerprint density at radius 2 is 2.00 bits per heavy atom. The molecule has 0 fully saturated rings. The average Bonchev–Trinajstić information content (AvgIpc) is 2.79. The highest BCUT2D eigenvalue weighted by molar-refractivity contribution is 6.05. The zero-order valence-electron chi connectivity index (χ0n) is 13.3. The van der Waals surface area contributed by atoms with Crippen molar-refractivity contribution in [2.75, 3.05) is 6.61 Å². The molecule has 0 spiro atoms. The van der Waals surface area contributed by atoms with E-state index in [1.165, 1.54) is 17.2 Å². The van der Waals surface area contributed by atoms with Crippen molar-refractivity contribution in [2.45, 2.75) is 40.0 Å². The largest absolute Gasteiger partial charge is 0.507 e. The van der Waals surface area contributed by atoms with Crippen LogP contribution in [-0.4, -0.2) is 22.6 Å². The number of ether oxygens (including phenoxy) is 1. The SMILES string of the molecule is CC(C)=CCC/C(C)=C/Cc1c(O)cc2c(c1O)C(=O)CO2. The van der Waals surface area contributed by atoms with Crippen LogP contribution in [0, 0.1) is 0 Å². The summed E-state index contributed by atoms with van der Waals surface area (Å²) in [6.07, 6.45) is 6.44. The first-order valence-corrected chi connectivity index (χ1v) is 7.43. The Balaban J connectivity index is 2.15. The van der Waals surface area contributed by atoms with E-state index in [-0.39, 0.29) is 35.2 Å². The minimum absolute atomic E-state index is 0.0423. The minimum Gasteiger partial charge on any atom is -0.507 e. The normalized spacial score (nSPS) is 13.8. The topological polar surface area (TPSA) is 66.8 Å². The maximum atomic E-state index is 11.7. The molecule has 2 N–H and O–H groups in total. The summed E-state index contributed by atoms with van der Waals surface area (Å²) in [4.78, 5) is 11.7. The fourth-order valence-corrected chi connectivity index (χ4v) is 2.44. The molecule has 1 heterocycles. The van der Waals surface area contributed by atoms with Crippen molar-refractivity contribution in [1.29, 1.82) is 0 Å². The Kier molecular flexibility index (Phi) is 4.91. The molecule has 1 aliphatic rings. The lowest BCUT2D eigenvalue weighted by Crippen LogP contribution is -2.00. The molecule has 1 aromatic carbocycles. The third-order valence-corrected chi connectivity index (χ3v) is 3.73. The van der Waals surface area contributed by atoms with Crippen LogP contribution in [0.2, 0.25) is 0 Å². The number of Topliss-reactive ketones (excluding diaryl/α,β-unsaturated/α-hetero) is 1. The highest BCUT2D eigenvalue weighted by Crippen LogP contribution is 2.41. The molecular weight excluding hydrogens is 280 g/mol. The van der Waals surface area contributed by atoms with E-state index in [4.69, 9.17) is 4.74 Å². The van der Waals surface area contributed by atoms with Crippen molar-refractivity contribution < 1.29 is 19.7 Å². The number of aromatic hydroxyl groups is 2. The Labute approximate surface area is 130 Å². The molecule has 2 rings (SSSR count). The van der Waals surface area contributed by atoms with E-state index in [9.17, 15) is 15.0 Å². The first-order chi connectivity index (χ1) is 10.4. The Morgan fingerprint density at radius 1 is 1.27 bits per heavy atom. The van der Waals surface area contributed by atoms with E-state index in [0.717, 1.165) is 12.8 Å². The van der Waals surface area contributed by atoms with Gasteiger partial charge in [0, 0.05) is 11.6 Å². The molecule has 0 radical (unpaired) electrons. The highest BCUT2D eigenvalue weighted by Gasteiger charge is 2.28. The third-order valence-electron chi connectivity index (χ3n) is 3.73. The van der Waals surface area contributed by atoms with Crippen LogP contribution >= 0.6 is 0 Å². The van der Waals surface area contributed by atoms with Gasteiger partial charge >= 0.3 is 0 Å². The second-order valence-corrected chi connectivity index (χ2v) is 5.88. The first-order valence-electron chi connectivity index (χ1n) is 7.43. The summed E-state index contributed by atoms with van der Waals surface area (Å²) in [7, 11) is 0. The number of hydrogen-bond acceptors (Lipinski definition) is 4. The van der Waals surface area contributed by atoms with Crippen LogP contribution in [0.3, 0.4) is 0 Å². The smallest absolute Gasteiger partial charge is 0.207 e. The number of rotatable bonds is 5. The van der Waals surface area contributed by atoms with Crippen LogP contribution in [0.15, 0.2) is 29.4 Å². The highest BCUT2D eigenvalue weighted by atomic mass is 16.5. The van der Waals surface area contributed by atoms with Gasteiger partial charge in [0.25, 0.3) is 0 Å². The fourth-order valence-electron chi connectivity index (χ4n) is 2.44. The van der Waals surface area contributed by atoms with Gasteiger partial charge in [0.2, 0.25) is 5.78 Å². The first kappa shape index (κ1) is 16.1. The quantitative estimate of drug-likeness (QED) is 0.809. The number of fused-ring (bicyclic) bond motifs is 1. The Morgan fingerprint density at radius 3 is 2.68 bits per heavy atom. The maximum absolute atomic E-state index is 11.7. The van der Waals surface area contributed by atoms with Crippen molar-refractivity contribution in [2.24, 2.45) is 0 Å². The van der Waals surface area contributed by atoms with Gasteiger partial charge in [0.15, 0.2) is 6.61 Å². The monoisotopic (exact) mass is 302 g/mol. The molecule has 4 heteroatoms. The molecule has 0 atom stereocenters. The predicted octanol–water partition coefficient (Wildman–Crippen LogP) is 3.91. The lowest BCUT2D eigenvalue weighted by molar-refractivity contribution is 0.0959. The number of ketones is 1. The Bertz CT molecular complexity index is 650. The molecule has 0 amide bonds. The van der Waals surface area contributed by atoms with Crippen molar-refractivity contribution in [3.63, 3.8) is 0 Å². The molecule has 0 aliphatic carbocycles. The van der Waals surface area contributed by atoms with E-state index in [2.05, 4.69) is 19.9 Å². The van der Waals surface area contributed by atoms with Gasteiger partial charge in [-0.05, 0) is 40.0 Å². The third kappa shape index (κ3) is 3.50. The van der Waals surface area contributed by atoms with E-state index >= 15 is 0 Å². The molecule has 0 aromatic heterocycles. The van der Waals surface area contributed by atoms with Crippen molar-refractivity contribution in [3.05, 3.63) is 40.5 Å². The van der Waals surface area contributed by atoms with Crippen LogP contribution in [-0.2, 0) is 6.42 Å². The van der Waals surface area contributed by atoms with Crippen LogP contribution in [0.1, 0.15) is 49.5 Å². The lowest BCUT2D eigenvalue weighted by atomic mass is 10.0. The van der Waals surface area contributed by atoms with Crippen molar-refractivity contribution in [3.8, 4) is 17.2 Å². The predicted molar refractivity (Wildman–Crippen MR) is 85.7 cm³/mol. The molecule has 1 aliphatic heterocycles. The molecule has 1 aromatic rings. The minimum atomic E-state index is -0.252. The van der Waals surface area contributed by atoms with Gasteiger partial charge in [-0.3, -0.25) is 4.79 Å². The summed E-state index contributed by atoms with van der Waals surface area (Å²) in [5.74, 6) is -0.198. The van der Waals surface area contributed by atoms with Gasteiger partial charge in [-0.25, -0.2) is 0 Å². The molecule has 0 saturated heterocycles. The van der Waals surface area contributed by atoms with Crippen molar-refractivity contribution in [1.82, 2.24) is 0 Å². The molecule has 22 heavy (non-hydrogen) atoms. The molecule has 0 saturated carbocycles. The van der Waals surface area contributed by atoms with E-state index in [0.29, 0.717) is 12.0 Å². The van der Waals surface area contributed by atoms with E-state index in [1.807, 2.05) is 13.0 Å². The lowest BCUT2D eigenvalue weighted by Gasteiger charge is -2.09. The van der Waals surface area contributed by atoms with Crippen LogP contribution in [0.5, 0.6) is 17.2 Å². The number of hydrogen-bond donors (Lipinski definition) is 2. The number of phenolic OH excluding ortho intramolecular Hbond substituents is 2. The number of carbonyl (C=O) groups is 1. The van der Waals surface area contributed by atoms with Crippen LogP contribution in [0.25, 0.3) is 0 Å². The molecule has 118 valence electrons. The maximum Gasteiger partial charge on any atom is 0.207 e. The summed E-state index contributed by atoms with van der Waals surface area (Å²) in [5, 5.41) is 20.2. The van der Waals surface area contributed by atoms with Crippen molar-refractivity contribution >= 4 is 5.78 Å². The summed E-state index contributed by atoms with van der Waals surface area (Å²) in [5.41, 5.74) is 3.03. The molecular formula is C18H22O4. The second kappa shape index (κ2) is 6.69. The van der Waals surface area contributed by atoms with Gasteiger partial charge in [0.1, 0.15) is 22.8 Å².